The maximum absolute atomic E-state index is 15.9. The van der Waals surface area contributed by atoms with Gasteiger partial charge < -0.3 is 14.6 Å². The van der Waals surface area contributed by atoms with Crippen LogP contribution in [0.2, 0.25) is 10.0 Å². The minimum Gasteiger partial charge on any atom is -0.481 e. The monoisotopic (exact) mass is 625 g/mol. The second-order valence-corrected chi connectivity index (χ2v) is 11.0. The van der Waals surface area contributed by atoms with Crippen LogP contribution in [0, 0.1) is 5.82 Å². The number of rotatable bonds is 8. The van der Waals surface area contributed by atoms with Crippen LogP contribution in [-0.4, -0.2) is 47.4 Å². The largest absolute Gasteiger partial charge is 0.481 e. The molecule has 11 heteroatoms. The Bertz CT molecular complexity index is 1400. The van der Waals surface area contributed by atoms with E-state index < -0.39 is 48.2 Å². The molecule has 5 rings (SSSR count). The van der Waals surface area contributed by atoms with Crippen LogP contribution in [0.3, 0.4) is 0 Å². The molecular formula is C27H20BrCl2F2NO5. The van der Waals surface area contributed by atoms with Gasteiger partial charge >= 0.3 is 5.97 Å². The number of nitrogens with zero attached hydrogens (tertiary/aromatic N) is 1. The quantitative estimate of drug-likeness (QED) is 0.308. The number of fused-ring (bicyclic) bond motifs is 1. The standard InChI is InChI=1S/C27H20BrCl2F2NO5/c28-17-9-20-24(21(31)10-17)27(16-3-7-19(30)8-4-16,38-14-26(32)12-37-13-26)33(25(20)36)22(11-23(34)35)15-1-5-18(29)6-2-15/h1-10,22H,11-14H2,(H,34,35)/t22?,27-/m1/s1. The van der Waals surface area contributed by atoms with Crippen molar-refractivity contribution in [1.29, 1.82) is 0 Å². The van der Waals surface area contributed by atoms with Crippen molar-refractivity contribution in [2.45, 2.75) is 23.9 Å². The van der Waals surface area contributed by atoms with Gasteiger partial charge in [-0.15, -0.1) is 0 Å². The minimum atomic E-state index is -2.03. The average molecular weight is 627 g/mol. The van der Waals surface area contributed by atoms with Crippen LogP contribution in [0.15, 0.2) is 65.1 Å². The van der Waals surface area contributed by atoms with Crippen molar-refractivity contribution in [3.8, 4) is 0 Å². The van der Waals surface area contributed by atoms with Crippen LogP contribution in [-0.2, 0) is 20.0 Å². The number of alkyl halides is 1. The van der Waals surface area contributed by atoms with E-state index in [1.54, 1.807) is 36.4 Å². The molecule has 198 valence electrons. The second-order valence-electron chi connectivity index (χ2n) is 9.23. The summed E-state index contributed by atoms with van der Waals surface area (Å²) in [5, 5.41) is 10.6. The molecule has 1 amide bonds. The Morgan fingerprint density at radius 3 is 2.26 bits per heavy atom. The molecule has 1 saturated heterocycles. The number of carbonyl (C=O) groups excluding carboxylic acids is 1. The smallest absolute Gasteiger partial charge is 0.305 e. The molecule has 2 heterocycles. The number of halogens is 5. The van der Waals surface area contributed by atoms with Gasteiger partial charge in [0.05, 0.1) is 43.4 Å². The number of hydrogen-bond donors (Lipinski definition) is 1. The lowest BCUT2D eigenvalue weighted by molar-refractivity contribution is -0.209. The van der Waals surface area contributed by atoms with Crippen molar-refractivity contribution < 1.29 is 33.0 Å². The number of benzene rings is 3. The van der Waals surface area contributed by atoms with Gasteiger partial charge in [-0.05, 0) is 42.0 Å². The van der Waals surface area contributed by atoms with Crippen molar-refractivity contribution in [3.63, 3.8) is 0 Å². The number of amides is 1. The van der Waals surface area contributed by atoms with E-state index >= 15 is 8.78 Å². The second kappa shape index (κ2) is 10.2. The Kier molecular flexibility index (Phi) is 7.26. The molecule has 6 nitrogen and oxygen atoms in total. The Balaban J connectivity index is 1.80. The zero-order valence-electron chi connectivity index (χ0n) is 19.6. The van der Waals surface area contributed by atoms with Crippen LogP contribution in [0.1, 0.15) is 39.5 Å². The number of carboxylic acid groups (broad SMARTS) is 1. The van der Waals surface area contributed by atoms with E-state index in [1.165, 1.54) is 29.2 Å². The third kappa shape index (κ3) is 4.71. The molecule has 0 aliphatic carbocycles. The molecule has 3 aromatic rings. The summed E-state index contributed by atoms with van der Waals surface area (Å²) in [6, 6.07) is 13.9. The molecule has 2 atom stereocenters. The SMILES string of the molecule is O=C(O)CC(c1ccc(Cl)cc1)N1C(=O)c2cc(Br)cc(F)c2[C@]1(OCC1(F)COC1)c1ccc(Cl)cc1. The lowest BCUT2D eigenvalue weighted by atomic mass is 9.90. The van der Waals surface area contributed by atoms with Crippen molar-refractivity contribution >= 4 is 51.0 Å². The van der Waals surface area contributed by atoms with Crippen LogP contribution in [0.4, 0.5) is 8.78 Å². The summed E-state index contributed by atoms with van der Waals surface area (Å²) in [5.41, 5.74) is -3.42. The predicted octanol–water partition coefficient (Wildman–Crippen LogP) is 6.52. The summed E-state index contributed by atoms with van der Waals surface area (Å²) in [6.45, 7) is -1.01. The summed E-state index contributed by atoms with van der Waals surface area (Å²) < 4.78 is 42.8. The first-order valence-electron chi connectivity index (χ1n) is 11.5. The van der Waals surface area contributed by atoms with Crippen LogP contribution in [0.5, 0.6) is 0 Å². The molecule has 0 spiro atoms. The molecule has 2 aliphatic rings. The molecule has 0 saturated carbocycles. The Labute approximate surface area is 235 Å². The van der Waals surface area contributed by atoms with Crippen LogP contribution >= 0.6 is 39.1 Å². The van der Waals surface area contributed by atoms with Gasteiger partial charge in [-0.3, -0.25) is 14.5 Å². The fourth-order valence-corrected chi connectivity index (χ4v) is 5.56. The van der Waals surface area contributed by atoms with Gasteiger partial charge in [-0.25, -0.2) is 8.78 Å². The molecular weight excluding hydrogens is 607 g/mol. The number of ether oxygens (including phenoxy) is 2. The van der Waals surface area contributed by atoms with Crippen molar-refractivity contribution in [2.24, 2.45) is 0 Å². The highest BCUT2D eigenvalue weighted by Crippen LogP contribution is 2.52. The fraction of sp³-hybridized carbons (Fsp3) is 0.259. The Hall–Kier alpha value is -2.56. The molecule has 2 aliphatic heterocycles. The third-order valence-electron chi connectivity index (χ3n) is 6.61. The first-order chi connectivity index (χ1) is 18.0. The maximum atomic E-state index is 15.9. The Morgan fingerprint density at radius 1 is 1.11 bits per heavy atom. The number of aliphatic carboxylic acids is 1. The van der Waals surface area contributed by atoms with Gasteiger partial charge in [0.25, 0.3) is 5.91 Å². The lowest BCUT2D eigenvalue weighted by Gasteiger charge is -2.45. The summed E-state index contributed by atoms with van der Waals surface area (Å²) >= 11 is 15.4. The maximum Gasteiger partial charge on any atom is 0.305 e. The first-order valence-corrected chi connectivity index (χ1v) is 13.1. The van der Waals surface area contributed by atoms with Gasteiger partial charge in [0.15, 0.2) is 5.67 Å². The summed E-state index contributed by atoms with van der Waals surface area (Å²) in [7, 11) is 0. The molecule has 1 fully saturated rings. The molecule has 3 aromatic carbocycles. The summed E-state index contributed by atoms with van der Waals surface area (Å²) in [5.74, 6) is -2.69. The Morgan fingerprint density at radius 2 is 1.71 bits per heavy atom. The van der Waals surface area contributed by atoms with Gasteiger partial charge in [-0.2, -0.15) is 0 Å². The number of hydrogen-bond acceptors (Lipinski definition) is 4. The van der Waals surface area contributed by atoms with E-state index in [9.17, 15) is 14.7 Å². The highest BCUT2D eigenvalue weighted by Gasteiger charge is 2.58. The molecule has 1 N–H and O–H groups in total. The molecule has 0 bridgehead atoms. The topological polar surface area (TPSA) is 76.1 Å². The van der Waals surface area contributed by atoms with E-state index in [2.05, 4.69) is 15.9 Å². The summed E-state index contributed by atoms with van der Waals surface area (Å²) in [4.78, 5) is 27.4. The zero-order chi connectivity index (χ0) is 27.2. The van der Waals surface area contributed by atoms with E-state index in [-0.39, 0.29) is 29.9 Å². The van der Waals surface area contributed by atoms with E-state index in [0.717, 1.165) is 0 Å². The van der Waals surface area contributed by atoms with Gasteiger partial charge in [0, 0.05) is 20.1 Å². The van der Waals surface area contributed by atoms with Crippen LogP contribution in [0.25, 0.3) is 0 Å². The highest BCUT2D eigenvalue weighted by atomic mass is 79.9. The first kappa shape index (κ1) is 27.0. The number of carbonyl (C=O) groups is 2. The molecule has 0 radical (unpaired) electrons. The van der Waals surface area contributed by atoms with E-state index in [0.29, 0.717) is 20.1 Å². The lowest BCUT2D eigenvalue weighted by Crippen LogP contribution is -2.55. The third-order valence-corrected chi connectivity index (χ3v) is 7.58. The molecule has 0 aromatic heterocycles. The molecule has 1 unspecified atom stereocenters. The van der Waals surface area contributed by atoms with Crippen molar-refractivity contribution in [3.05, 3.63) is 103 Å². The van der Waals surface area contributed by atoms with E-state index in [1.807, 2.05) is 0 Å². The fourth-order valence-electron chi connectivity index (χ4n) is 4.87. The molecule has 38 heavy (non-hydrogen) atoms. The number of carboxylic acids is 1. The van der Waals surface area contributed by atoms with Gasteiger partial charge in [0.2, 0.25) is 5.72 Å². The summed E-state index contributed by atoms with van der Waals surface area (Å²) in [6.07, 6.45) is -0.549. The average Bonchev–Trinajstić information content (AvgIpc) is 3.09. The van der Waals surface area contributed by atoms with Gasteiger partial charge in [0.1, 0.15) is 5.82 Å². The highest BCUT2D eigenvalue weighted by molar-refractivity contribution is 9.10. The predicted molar refractivity (Wildman–Crippen MR) is 140 cm³/mol. The van der Waals surface area contributed by atoms with E-state index in [4.69, 9.17) is 32.7 Å². The normalized spacial score (nSPS) is 20.7. The van der Waals surface area contributed by atoms with Crippen molar-refractivity contribution in [1.82, 2.24) is 4.90 Å². The van der Waals surface area contributed by atoms with Crippen molar-refractivity contribution in [2.75, 3.05) is 19.8 Å². The minimum absolute atomic E-state index is 0.0473. The zero-order valence-corrected chi connectivity index (χ0v) is 22.7. The van der Waals surface area contributed by atoms with Gasteiger partial charge in [-0.1, -0.05) is 63.4 Å². The van der Waals surface area contributed by atoms with Crippen LogP contribution < -0.4 is 0 Å².